The number of para-hydroxylation sites is 1. The lowest BCUT2D eigenvalue weighted by Crippen LogP contribution is -2.10. The van der Waals surface area contributed by atoms with Gasteiger partial charge < -0.3 is 9.32 Å². The van der Waals surface area contributed by atoms with E-state index in [1.165, 1.54) is 44.2 Å². The van der Waals surface area contributed by atoms with Crippen molar-refractivity contribution in [1.29, 1.82) is 0 Å². The molecule has 0 unspecified atom stereocenters. The first-order valence-corrected chi connectivity index (χ1v) is 18.4. The van der Waals surface area contributed by atoms with Crippen molar-refractivity contribution in [3.8, 4) is 44.5 Å². The molecular formula is C52H35NO. The van der Waals surface area contributed by atoms with Crippen LogP contribution in [0.4, 0.5) is 17.1 Å². The molecule has 0 radical (unpaired) electrons. The molecular weight excluding hydrogens is 655 g/mol. The number of rotatable bonds is 7. The fourth-order valence-electron chi connectivity index (χ4n) is 7.75. The summed E-state index contributed by atoms with van der Waals surface area (Å²) < 4.78 is 6.79. The van der Waals surface area contributed by atoms with Gasteiger partial charge in [-0.15, -0.1) is 0 Å². The SMILES string of the molecule is c1ccc(-c2ccc(N(c3ccc(-c4cccc(-c5ccccc5)c4)cc3)c3ccc(-c4ccc5ccccc5c4)c4oc5ccccc5c34)cc2)cc1. The number of anilines is 3. The standard InChI is InChI=1S/C52H35NO/c1-3-12-36(13-4-1)39-24-28-45(29-25-39)53(46-30-26-40(27-31-46)43-19-11-18-42(34-43)37-14-5-2-6-15-37)49-33-32-47(44-23-22-38-16-7-8-17-41(38)35-44)52-51(49)48-20-9-10-21-50(48)54-52/h1-35H. The summed E-state index contributed by atoms with van der Waals surface area (Å²) in [6.07, 6.45) is 0. The second-order valence-corrected chi connectivity index (χ2v) is 13.7. The third-order valence-corrected chi connectivity index (χ3v) is 10.5. The monoisotopic (exact) mass is 689 g/mol. The summed E-state index contributed by atoms with van der Waals surface area (Å²) in [6.45, 7) is 0. The molecule has 0 amide bonds. The Hall–Kier alpha value is -7.16. The topological polar surface area (TPSA) is 16.4 Å². The third kappa shape index (κ3) is 5.71. The average molecular weight is 690 g/mol. The van der Waals surface area contributed by atoms with Crippen LogP contribution in [0.1, 0.15) is 0 Å². The molecule has 0 saturated heterocycles. The highest BCUT2D eigenvalue weighted by Gasteiger charge is 2.22. The molecule has 0 atom stereocenters. The van der Waals surface area contributed by atoms with E-state index in [1.807, 2.05) is 6.07 Å². The van der Waals surface area contributed by atoms with E-state index in [0.29, 0.717) is 0 Å². The molecule has 10 aromatic rings. The van der Waals surface area contributed by atoms with Gasteiger partial charge in [-0.25, -0.2) is 0 Å². The quantitative estimate of drug-likeness (QED) is 0.166. The first-order valence-electron chi connectivity index (χ1n) is 18.4. The minimum absolute atomic E-state index is 0.870. The van der Waals surface area contributed by atoms with Crippen molar-refractivity contribution >= 4 is 49.8 Å². The van der Waals surface area contributed by atoms with E-state index in [1.54, 1.807) is 0 Å². The van der Waals surface area contributed by atoms with Crippen LogP contribution in [0, 0.1) is 0 Å². The van der Waals surface area contributed by atoms with Crippen LogP contribution in [-0.4, -0.2) is 0 Å². The van der Waals surface area contributed by atoms with Gasteiger partial charge in [-0.2, -0.15) is 0 Å². The number of hydrogen-bond donors (Lipinski definition) is 0. The van der Waals surface area contributed by atoms with E-state index >= 15 is 0 Å². The number of hydrogen-bond acceptors (Lipinski definition) is 2. The van der Waals surface area contributed by atoms with Crippen molar-refractivity contribution in [2.24, 2.45) is 0 Å². The maximum atomic E-state index is 6.79. The van der Waals surface area contributed by atoms with Crippen LogP contribution in [0.3, 0.4) is 0 Å². The summed E-state index contributed by atoms with van der Waals surface area (Å²) in [7, 11) is 0. The molecule has 0 N–H and O–H groups in total. The summed E-state index contributed by atoms with van der Waals surface area (Å²) in [5.41, 5.74) is 14.3. The summed E-state index contributed by atoms with van der Waals surface area (Å²) in [4.78, 5) is 2.37. The van der Waals surface area contributed by atoms with E-state index in [-0.39, 0.29) is 0 Å². The van der Waals surface area contributed by atoms with Crippen LogP contribution in [0.25, 0.3) is 77.2 Å². The van der Waals surface area contributed by atoms with Gasteiger partial charge in [-0.3, -0.25) is 0 Å². The molecule has 0 bridgehead atoms. The summed E-state index contributed by atoms with van der Waals surface area (Å²) in [5, 5.41) is 4.60. The number of furan rings is 1. The Balaban J connectivity index is 1.14. The molecule has 1 heterocycles. The summed E-state index contributed by atoms with van der Waals surface area (Å²) >= 11 is 0. The van der Waals surface area contributed by atoms with E-state index < -0.39 is 0 Å². The van der Waals surface area contributed by atoms with Crippen molar-refractivity contribution in [1.82, 2.24) is 0 Å². The number of benzene rings is 9. The predicted octanol–water partition coefficient (Wildman–Crippen LogP) is 14.9. The Bertz CT molecular complexity index is 2910. The Kier molecular flexibility index (Phi) is 7.85. The second kappa shape index (κ2) is 13.4. The van der Waals surface area contributed by atoms with Gasteiger partial charge in [0, 0.05) is 22.3 Å². The van der Waals surface area contributed by atoms with E-state index in [9.17, 15) is 0 Å². The zero-order valence-corrected chi connectivity index (χ0v) is 29.6. The summed E-state index contributed by atoms with van der Waals surface area (Å²) in [5.74, 6) is 0. The molecule has 1 aromatic heterocycles. The molecule has 9 aromatic carbocycles. The Morgan fingerprint density at radius 3 is 1.54 bits per heavy atom. The Morgan fingerprint density at radius 1 is 0.333 bits per heavy atom. The zero-order valence-electron chi connectivity index (χ0n) is 29.6. The first kappa shape index (κ1) is 31.6. The number of nitrogens with zero attached hydrogens (tertiary/aromatic N) is 1. The summed E-state index contributed by atoms with van der Waals surface area (Å²) in [6, 6.07) is 75.8. The Labute approximate surface area is 314 Å². The van der Waals surface area contributed by atoms with Gasteiger partial charge in [-0.1, -0.05) is 158 Å². The highest BCUT2D eigenvalue weighted by atomic mass is 16.3. The van der Waals surface area contributed by atoms with Gasteiger partial charge in [0.25, 0.3) is 0 Å². The largest absolute Gasteiger partial charge is 0.455 e. The van der Waals surface area contributed by atoms with Gasteiger partial charge in [0.2, 0.25) is 0 Å². The maximum absolute atomic E-state index is 6.79. The van der Waals surface area contributed by atoms with Crippen LogP contribution in [-0.2, 0) is 0 Å². The fourth-order valence-corrected chi connectivity index (χ4v) is 7.75. The third-order valence-electron chi connectivity index (χ3n) is 10.5. The van der Waals surface area contributed by atoms with Gasteiger partial charge in [0.1, 0.15) is 11.2 Å². The molecule has 0 aliphatic heterocycles. The molecule has 0 aliphatic rings. The van der Waals surface area contributed by atoms with Crippen LogP contribution < -0.4 is 4.90 Å². The molecule has 0 aliphatic carbocycles. The van der Waals surface area contributed by atoms with Crippen molar-refractivity contribution < 1.29 is 4.42 Å². The molecule has 0 spiro atoms. The molecule has 54 heavy (non-hydrogen) atoms. The molecule has 254 valence electrons. The fraction of sp³-hybridized carbons (Fsp3) is 0. The van der Waals surface area contributed by atoms with Crippen LogP contribution in [0.5, 0.6) is 0 Å². The van der Waals surface area contributed by atoms with Gasteiger partial charge in [-0.05, 0) is 104 Å². The molecule has 0 saturated carbocycles. The van der Waals surface area contributed by atoms with Gasteiger partial charge in [0.15, 0.2) is 0 Å². The zero-order chi connectivity index (χ0) is 35.8. The maximum Gasteiger partial charge on any atom is 0.145 e. The minimum atomic E-state index is 0.870. The number of fused-ring (bicyclic) bond motifs is 4. The first-order chi connectivity index (χ1) is 26.8. The van der Waals surface area contributed by atoms with Crippen LogP contribution >= 0.6 is 0 Å². The minimum Gasteiger partial charge on any atom is -0.455 e. The van der Waals surface area contributed by atoms with Gasteiger partial charge >= 0.3 is 0 Å². The van der Waals surface area contributed by atoms with E-state index in [2.05, 4.69) is 211 Å². The lowest BCUT2D eigenvalue weighted by Gasteiger charge is -2.27. The molecule has 2 heteroatoms. The predicted molar refractivity (Wildman–Crippen MR) is 228 cm³/mol. The molecule has 0 fully saturated rings. The smallest absolute Gasteiger partial charge is 0.145 e. The lowest BCUT2D eigenvalue weighted by atomic mass is 9.97. The van der Waals surface area contributed by atoms with Crippen LogP contribution in [0.2, 0.25) is 0 Å². The highest BCUT2D eigenvalue weighted by molar-refractivity contribution is 6.17. The second-order valence-electron chi connectivity index (χ2n) is 13.7. The van der Waals surface area contributed by atoms with E-state index in [0.717, 1.165) is 50.1 Å². The van der Waals surface area contributed by atoms with Crippen molar-refractivity contribution in [2.75, 3.05) is 4.90 Å². The lowest BCUT2D eigenvalue weighted by molar-refractivity contribution is 0.670. The van der Waals surface area contributed by atoms with E-state index in [4.69, 9.17) is 4.42 Å². The average Bonchev–Trinajstić information content (AvgIpc) is 3.65. The molecule has 2 nitrogen and oxygen atoms in total. The molecule has 10 rings (SSSR count). The highest BCUT2D eigenvalue weighted by Crippen LogP contribution is 2.46. The van der Waals surface area contributed by atoms with Crippen molar-refractivity contribution in [3.05, 3.63) is 212 Å². The van der Waals surface area contributed by atoms with Crippen LogP contribution in [0.15, 0.2) is 217 Å². The normalized spacial score (nSPS) is 11.3. The van der Waals surface area contributed by atoms with Crippen molar-refractivity contribution in [2.45, 2.75) is 0 Å². The van der Waals surface area contributed by atoms with Crippen molar-refractivity contribution in [3.63, 3.8) is 0 Å². The Morgan fingerprint density at radius 2 is 0.852 bits per heavy atom. The van der Waals surface area contributed by atoms with Gasteiger partial charge in [0.05, 0.1) is 11.1 Å².